The Hall–Kier alpha value is -2.03. The highest BCUT2D eigenvalue weighted by atomic mass is 31.2. The van der Waals surface area contributed by atoms with E-state index in [1.54, 1.807) is 6.08 Å². The van der Waals surface area contributed by atoms with Crippen molar-refractivity contribution in [3.8, 4) is 0 Å². The lowest BCUT2D eigenvalue weighted by atomic mass is 10.1. The van der Waals surface area contributed by atoms with Crippen LogP contribution >= 0.6 is 7.82 Å². The number of unbranched alkanes of at least 4 members (excludes halogenated alkanes) is 18. The van der Waals surface area contributed by atoms with E-state index < -0.39 is 32.5 Å². The maximum Gasteiger partial charge on any atom is 0.472 e. The summed E-state index contributed by atoms with van der Waals surface area (Å²) in [6, 6.07) is 0. The van der Waals surface area contributed by atoms with Crippen LogP contribution in [0.25, 0.3) is 0 Å². The van der Waals surface area contributed by atoms with E-state index in [2.05, 4.69) is 38.2 Å². The number of carbonyl (C=O) groups is 2. The van der Waals surface area contributed by atoms with Crippen LogP contribution in [0.1, 0.15) is 162 Å². The van der Waals surface area contributed by atoms with Gasteiger partial charge in [0.05, 0.1) is 13.2 Å². The predicted molar refractivity (Wildman–Crippen MR) is 206 cm³/mol. The van der Waals surface area contributed by atoms with Gasteiger partial charge in [0, 0.05) is 19.0 Å². The lowest BCUT2D eigenvalue weighted by Gasteiger charge is -2.19. The van der Waals surface area contributed by atoms with Crippen LogP contribution in [0.4, 0.5) is 0 Å². The molecule has 0 aliphatic carbocycles. The molecule has 0 saturated heterocycles. The summed E-state index contributed by atoms with van der Waals surface area (Å²) in [5.41, 5.74) is 5.32. The average molecular weight is 726 g/mol. The molecular formula is C40H72NO8P. The van der Waals surface area contributed by atoms with Crippen LogP contribution < -0.4 is 5.73 Å². The number of phosphoric ester groups is 1. The van der Waals surface area contributed by atoms with Crippen molar-refractivity contribution in [2.24, 2.45) is 5.73 Å². The molecule has 0 spiro atoms. The monoisotopic (exact) mass is 725 g/mol. The zero-order valence-electron chi connectivity index (χ0n) is 31.6. The number of carbonyl (C=O) groups excluding carboxylic acids is 2. The van der Waals surface area contributed by atoms with Crippen LogP contribution in [0.2, 0.25) is 0 Å². The van der Waals surface area contributed by atoms with Crippen molar-refractivity contribution in [1.82, 2.24) is 0 Å². The van der Waals surface area contributed by atoms with Crippen molar-refractivity contribution in [3.05, 3.63) is 48.6 Å². The summed E-state index contributed by atoms with van der Waals surface area (Å²) < 4.78 is 32.5. The van der Waals surface area contributed by atoms with E-state index >= 15 is 0 Å². The summed E-state index contributed by atoms with van der Waals surface area (Å²) >= 11 is 0. The smallest absolute Gasteiger partial charge is 0.458 e. The van der Waals surface area contributed by atoms with Crippen molar-refractivity contribution in [2.45, 2.75) is 168 Å². The van der Waals surface area contributed by atoms with Crippen molar-refractivity contribution >= 4 is 19.8 Å². The Morgan fingerprint density at radius 3 is 1.80 bits per heavy atom. The Labute approximate surface area is 305 Å². The van der Waals surface area contributed by atoms with E-state index in [1.165, 1.54) is 83.1 Å². The molecule has 0 amide bonds. The van der Waals surface area contributed by atoms with Gasteiger partial charge in [0.15, 0.2) is 6.10 Å². The number of phosphoric acid groups is 1. The van der Waals surface area contributed by atoms with Gasteiger partial charge in [-0.15, -0.1) is 0 Å². The first kappa shape index (κ1) is 48.0. The molecule has 50 heavy (non-hydrogen) atoms. The topological polar surface area (TPSA) is 134 Å². The molecule has 0 aliphatic rings. The third kappa shape index (κ3) is 35.8. The molecular weight excluding hydrogens is 653 g/mol. The third-order valence-electron chi connectivity index (χ3n) is 8.04. The van der Waals surface area contributed by atoms with E-state index in [4.69, 9.17) is 24.3 Å². The van der Waals surface area contributed by atoms with Gasteiger partial charge < -0.3 is 20.1 Å². The fourth-order valence-electron chi connectivity index (χ4n) is 5.09. The molecule has 0 saturated carbocycles. The lowest BCUT2D eigenvalue weighted by molar-refractivity contribution is -0.159. The predicted octanol–water partition coefficient (Wildman–Crippen LogP) is 10.8. The first-order valence-corrected chi connectivity index (χ1v) is 21.2. The average Bonchev–Trinajstić information content (AvgIpc) is 3.10. The fraction of sp³-hybridized carbons (Fsp3) is 0.750. The highest BCUT2D eigenvalue weighted by Gasteiger charge is 2.25. The maximum atomic E-state index is 12.5. The second-order valence-corrected chi connectivity index (χ2v) is 14.3. The number of allylic oxidation sites excluding steroid dienone is 7. The van der Waals surface area contributed by atoms with Gasteiger partial charge in [-0.3, -0.25) is 13.8 Å². The van der Waals surface area contributed by atoms with Crippen molar-refractivity contribution in [1.29, 1.82) is 0 Å². The van der Waals surface area contributed by atoms with Crippen molar-refractivity contribution in [2.75, 3.05) is 26.4 Å². The van der Waals surface area contributed by atoms with Gasteiger partial charge in [-0.25, -0.2) is 9.36 Å². The SMILES string of the molecule is CCCC/C=C/C/C=C/CCCCCCCC(=O)O[C@H](COC(=O)/C=C/C=C/CCCCCCCCCCCCC)COP(=O)(O)OCCN. The van der Waals surface area contributed by atoms with Crippen LogP contribution in [0.15, 0.2) is 48.6 Å². The van der Waals surface area contributed by atoms with E-state index in [0.29, 0.717) is 6.42 Å². The van der Waals surface area contributed by atoms with Gasteiger partial charge in [0.2, 0.25) is 0 Å². The van der Waals surface area contributed by atoms with E-state index in [0.717, 1.165) is 57.8 Å². The second kappa shape index (κ2) is 36.8. The van der Waals surface area contributed by atoms with Crippen LogP contribution in [-0.4, -0.2) is 49.3 Å². The molecule has 2 atom stereocenters. The molecule has 0 fully saturated rings. The number of ether oxygens (including phenoxy) is 2. The Morgan fingerprint density at radius 1 is 0.660 bits per heavy atom. The maximum absolute atomic E-state index is 12.5. The minimum Gasteiger partial charge on any atom is -0.458 e. The van der Waals surface area contributed by atoms with E-state index in [1.807, 2.05) is 12.2 Å². The van der Waals surface area contributed by atoms with Gasteiger partial charge in [-0.1, -0.05) is 153 Å². The summed E-state index contributed by atoms with van der Waals surface area (Å²) in [6.45, 7) is 3.53. The van der Waals surface area contributed by atoms with Crippen molar-refractivity contribution < 1.29 is 37.6 Å². The molecule has 0 rings (SSSR count). The first-order chi connectivity index (χ1) is 24.3. The second-order valence-electron chi connectivity index (χ2n) is 12.9. The zero-order valence-corrected chi connectivity index (χ0v) is 32.5. The largest absolute Gasteiger partial charge is 0.472 e. The standard InChI is InChI=1S/C40H72NO8P/c1-3-5-7-9-11-13-15-17-19-21-22-24-26-28-30-32-39(42)46-36-38(37-48-50(44,45)47-35-34-41)49-40(43)33-31-29-27-25-23-20-18-16-14-12-10-8-6-4-2/h10,12,16,18,26,28,30,32,38H,3-9,11,13-15,17,19-25,27,29,31,33-37,41H2,1-2H3,(H,44,45)/b12-10+,18-16+,28-26+,32-30+/t38-/m1/s1. The molecule has 0 radical (unpaired) electrons. The third-order valence-corrected chi connectivity index (χ3v) is 9.03. The van der Waals surface area contributed by atoms with Crippen LogP contribution in [-0.2, 0) is 32.7 Å². The molecule has 0 aliphatic heterocycles. The van der Waals surface area contributed by atoms with Gasteiger partial charge in [0.1, 0.15) is 6.61 Å². The number of rotatable bonds is 36. The van der Waals surface area contributed by atoms with Gasteiger partial charge in [-0.05, 0) is 44.9 Å². The lowest BCUT2D eigenvalue weighted by Crippen LogP contribution is -2.29. The Balaban J connectivity index is 4.34. The fourth-order valence-corrected chi connectivity index (χ4v) is 5.86. The summed E-state index contributed by atoms with van der Waals surface area (Å²) in [7, 11) is -4.40. The number of nitrogens with two attached hydrogens (primary N) is 1. The van der Waals surface area contributed by atoms with Gasteiger partial charge >= 0.3 is 19.8 Å². The summed E-state index contributed by atoms with van der Waals surface area (Å²) in [4.78, 5) is 34.6. The van der Waals surface area contributed by atoms with E-state index in [-0.39, 0.29) is 26.2 Å². The number of hydrogen-bond acceptors (Lipinski definition) is 8. The van der Waals surface area contributed by atoms with Gasteiger partial charge in [-0.2, -0.15) is 0 Å². The molecule has 10 heteroatoms. The van der Waals surface area contributed by atoms with Crippen LogP contribution in [0, 0.1) is 0 Å². The molecule has 1 unspecified atom stereocenters. The Bertz CT molecular complexity index is 965. The van der Waals surface area contributed by atoms with Crippen molar-refractivity contribution in [3.63, 3.8) is 0 Å². The minimum absolute atomic E-state index is 0.0392. The molecule has 290 valence electrons. The summed E-state index contributed by atoms with van der Waals surface area (Å²) in [5.74, 6) is -1.10. The van der Waals surface area contributed by atoms with Crippen LogP contribution in [0.5, 0.6) is 0 Å². The molecule has 3 N–H and O–H groups in total. The minimum atomic E-state index is -4.40. The first-order valence-electron chi connectivity index (χ1n) is 19.7. The highest BCUT2D eigenvalue weighted by Crippen LogP contribution is 2.43. The highest BCUT2D eigenvalue weighted by molar-refractivity contribution is 7.47. The summed E-state index contributed by atoms with van der Waals surface area (Å²) in [6.07, 6.45) is 40.6. The quantitative estimate of drug-likeness (QED) is 0.0162. The molecule has 0 aromatic rings. The Kier molecular flexibility index (Phi) is 35.3. The molecule has 0 bridgehead atoms. The number of hydrogen-bond donors (Lipinski definition) is 2. The number of esters is 2. The molecule has 0 aromatic carbocycles. The Morgan fingerprint density at radius 2 is 1.20 bits per heavy atom. The summed E-state index contributed by atoms with van der Waals surface area (Å²) in [5, 5.41) is 0. The zero-order chi connectivity index (χ0) is 36.8. The molecule has 9 nitrogen and oxygen atoms in total. The van der Waals surface area contributed by atoms with E-state index in [9.17, 15) is 19.0 Å². The van der Waals surface area contributed by atoms with Gasteiger partial charge in [0.25, 0.3) is 0 Å². The molecule has 0 heterocycles. The van der Waals surface area contributed by atoms with Crippen LogP contribution in [0.3, 0.4) is 0 Å². The normalized spacial score (nSPS) is 13.9. The molecule has 0 aromatic heterocycles.